The monoisotopic (exact) mass is 500 g/mol. The summed E-state index contributed by atoms with van der Waals surface area (Å²) in [7, 11) is 0. The van der Waals surface area contributed by atoms with E-state index in [1.807, 2.05) is 0 Å². The standard InChI is InChI=1S/C37H28N2/c1-5-14-29(15-6-1)38(30-16-7-2-8-17-30)33-24-25-34-28(26-33)27-36-35(34)22-13-23-37(36)39(31-18-9-3-10-19-31)32-20-11-4-12-21-32/h1-26H,27H2. The molecule has 6 aromatic rings. The van der Waals surface area contributed by atoms with Crippen LogP contribution in [0, 0.1) is 0 Å². The molecular weight excluding hydrogens is 472 g/mol. The molecule has 0 fully saturated rings. The van der Waals surface area contributed by atoms with E-state index in [1.165, 1.54) is 33.6 Å². The molecule has 0 heterocycles. The molecule has 39 heavy (non-hydrogen) atoms. The number of hydrogen-bond donors (Lipinski definition) is 0. The average Bonchev–Trinajstić information content (AvgIpc) is 3.39. The van der Waals surface area contributed by atoms with Crippen LogP contribution in [0.3, 0.4) is 0 Å². The van der Waals surface area contributed by atoms with Gasteiger partial charge in [-0.25, -0.2) is 0 Å². The SMILES string of the molecule is c1ccc(N(c2ccccc2)c2ccc3c(c2)Cc2c-3cccc2N(c2ccccc2)c2ccccc2)cc1. The second kappa shape index (κ2) is 10.00. The first kappa shape index (κ1) is 23.1. The van der Waals surface area contributed by atoms with Gasteiger partial charge in [-0.15, -0.1) is 0 Å². The molecule has 0 saturated carbocycles. The van der Waals surface area contributed by atoms with Crippen molar-refractivity contribution in [3.05, 3.63) is 169 Å². The van der Waals surface area contributed by atoms with Crippen molar-refractivity contribution in [2.24, 2.45) is 0 Å². The summed E-state index contributed by atoms with van der Waals surface area (Å²) in [5.74, 6) is 0. The van der Waals surface area contributed by atoms with Crippen molar-refractivity contribution < 1.29 is 0 Å². The second-order valence-electron chi connectivity index (χ2n) is 9.83. The van der Waals surface area contributed by atoms with Crippen LogP contribution in [0.2, 0.25) is 0 Å². The normalized spacial score (nSPS) is 11.5. The van der Waals surface area contributed by atoms with E-state index in [0.717, 1.165) is 29.2 Å². The number of para-hydroxylation sites is 4. The number of rotatable bonds is 6. The first-order chi connectivity index (χ1) is 19.4. The first-order valence-electron chi connectivity index (χ1n) is 13.4. The van der Waals surface area contributed by atoms with E-state index in [-0.39, 0.29) is 0 Å². The zero-order valence-electron chi connectivity index (χ0n) is 21.6. The van der Waals surface area contributed by atoms with Crippen molar-refractivity contribution >= 4 is 34.1 Å². The van der Waals surface area contributed by atoms with Gasteiger partial charge in [0.05, 0.1) is 5.69 Å². The lowest BCUT2D eigenvalue weighted by atomic mass is 10.0. The van der Waals surface area contributed by atoms with Gasteiger partial charge in [0, 0.05) is 34.9 Å². The van der Waals surface area contributed by atoms with E-state index >= 15 is 0 Å². The van der Waals surface area contributed by atoms with Gasteiger partial charge in [0.1, 0.15) is 0 Å². The van der Waals surface area contributed by atoms with Gasteiger partial charge in [-0.3, -0.25) is 0 Å². The third kappa shape index (κ3) is 4.26. The van der Waals surface area contributed by atoms with Gasteiger partial charge in [0.25, 0.3) is 0 Å². The van der Waals surface area contributed by atoms with Gasteiger partial charge < -0.3 is 9.80 Å². The topological polar surface area (TPSA) is 6.48 Å². The van der Waals surface area contributed by atoms with Crippen LogP contribution < -0.4 is 9.80 Å². The Bertz CT molecular complexity index is 1630. The van der Waals surface area contributed by atoms with Crippen LogP contribution in [-0.2, 0) is 6.42 Å². The van der Waals surface area contributed by atoms with E-state index in [0.29, 0.717) is 0 Å². The summed E-state index contributed by atoms with van der Waals surface area (Å²) in [5.41, 5.74) is 12.4. The quantitative estimate of drug-likeness (QED) is 0.224. The van der Waals surface area contributed by atoms with Gasteiger partial charge in [0.2, 0.25) is 0 Å². The highest BCUT2D eigenvalue weighted by Crippen LogP contribution is 2.47. The van der Waals surface area contributed by atoms with Crippen LogP contribution in [0.4, 0.5) is 34.1 Å². The predicted octanol–water partition coefficient (Wildman–Crippen LogP) is 10.2. The van der Waals surface area contributed by atoms with E-state index in [4.69, 9.17) is 0 Å². The molecular formula is C37H28N2. The highest BCUT2D eigenvalue weighted by molar-refractivity contribution is 5.89. The maximum absolute atomic E-state index is 2.38. The Balaban J connectivity index is 1.33. The molecule has 0 aromatic heterocycles. The molecule has 186 valence electrons. The Labute approximate surface area is 230 Å². The summed E-state index contributed by atoms with van der Waals surface area (Å²) in [4.78, 5) is 4.72. The zero-order chi connectivity index (χ0) is 26.0. The number of nitrogens with zero attached hydrogens (tertiary/aromatic N) is 2. The molecule has 0 bridgehead atoms. The largest absolute Gasteiger partial charge is 0.310 e. The van der Waals surface area contributed by atoms with Crippen molar-refractivity contribution in [1.82, 2.24) is 0 Å². The fourth-order valence-electron chi connectivity index (χ4n) is 5.72. The smallest absolute Gasteiger partial charge is 0.0503 e. The average molecular weight is 501 g/mol. The van der Waals surface area contributed by atoms with Gasteiger partial charge in [-0.1, -0.05) is 91.0 Å². The molecule has 0 spiro atoms. The molecule has 2 nitrogen and oxygen atoms in total. The predicted molar refractivity (Wildman–Crippen MR) is 164 cm³/mol. The first-order valence-corrected chi connectivity index (χ1v) is 13.4. The van der Waals surface area contributed by atoms with Crippen LogP contribution in [-0.4, -0.2) is 0 Å². The lowest BCUT2D eigenvalue weighted by Gasteiger charge is -2.27. The maximum Gasteiger partial charge on any atom is 0.0503 e. The molecule has 1 aliphatic rings. The van der Waals surface area contributed by atoms with Gasteiger partial charge in [-0.05, 0) is 89.0 Å². The van der Waals surface area contributed by atoms with Gasteiger partial charge >= 0.3 is 0 Å². The maximum atomic E-state index is 2.38. The van der Waals surface area contributed by atoms with E-state index < -0.39 is 0 Å². The van der Waals surface area contributed by atoms with Crippen molar-refractivity contribution in [1.29, 1.82) is 0 Å². The molecule has 0 unspecified atom stereocenters. The minimum atomic E-state index is 0.891. The number of anilines is 6. The molecule has 6 aromatic carbocycles. The molecule has 0 aliphatic heterocycles. The lowest BCUT2D eigenvalue weighted by Crippen LogP contribution is -2.11. The Morgan fingerprint density at radius 2 is 0.846 bits per heavy atom. The van der Waals surface area contributed by atoms with E-state index in [1.54, 1.807) is 0 Å². The molecule has 2 heteroatoms. The zero-order valence-corrected chi connectivity index (χ0v) is 21.6. The summed E-state index contributed by atoms with van der Waals surface area (Å²) < 4.78 is 0. The number of benzene rings is 6. The third-order valence-corrected chi connectivity index (χ3v) is 7.45. The summed E-state index contributed by atoms with van der Waals surface area (Å²) in [6, 6.07) is 56.2. The molecule has 0 N–H and O–H groups in total. The minimum absolute atomic E-state index is 0.891. The Morgan fingerprint density at radius 3 is 1.36 bits per heavy atom. The van der Waals surface area contributed by atoms with Gasteiger partial charge in [-0.2, -0.15) is 0 Å². The van der Waals surface area contributed by atoms with Crippen LogP contribution in [0.15, 0.2) is 158 Å². The van der Waals surface area contributed by atoms with Crippen LogP contribution in [0.5, 0.6) is 0 Å². The second-order valence-corrected chi connectivity index (χ2v) is 9.83. The van der Waals surface area contributed by atoms with Crippen LogP contribution in [0.1, 0.15) is 11.1 Å². The van der Waals surface area contributed by atoms with Crippen molar-refractivity contribution in [2.45, 2.75) is 6.42 Å². The fraction of sp³-hybridized carbons (Fsp3) is 0.0270. The highest BCUT2D eigenvalue weighted by atomic mass is 15.1. The molecule has 0 atom stereocenters. The van der Waals surface area contributed by atoms with E-state index in [2.05, 4.69) is 168 Å². The Hall–Kier alpha value is -5.08. The molecule has 0 saturated heterocycles. The lowest BCUT2D eigenvalue weighted by molar-refractivity contribution is 1.19. The fourth-order valence-corrected chi connectivity index (χ4v) is 5.72. The number of hydrogen-bond acceptors (Lipinski definition) is 2. The Kier molecular flexibility index (Phi) is 5.91. The minimum Gasteiger partial charge on any atom is -0.310 e. The molecule has 1 aliphatic carbocycles. The highest BCUT2D eigenvalue weighted by Gasteiger charge is 2.26. The molecule has 0 radical (unpaired) electrons. The summed E-state index contributed by atoms with van der Waals surface area (Å²) >= 11 is 0. The molecule has 0 amide bonds. The third-order valence-electron chi connectivity index (χ3n) is 7.45. The van der Waals surface area contributed by atoms with Crippen LogP contribution in [0.25, 0.3) is 11.1 Å². The van der Waals surface area contributed by atoms with E-state index in [9.17, 15) is 0 Å². The summed E-state index contributed by atoms with van der Waals surface area (Å²) in [6.07, 6.45) is 0.891. The Morgan fingerprint density at radius 1 is 0.359 bits per heavy atom. The number of fused-ring (bicyclic) bond motifs is 3. The van der Waals surface area contributed by atoms with Crippen molar-refractivity contribution in [3.63, 3.8) is 0 Å². The van der Waals surface area contributed by atoms with Crippen LogP contribution >= 0.6 is 0 Å². The van der Waals surface area contributed by atoms with Gasteiger partial charge in [0.15, 0.2) is 0 Å². The summed E-state index contributed by atoms with van der Waals surface area (Å²) in [6.45, 7) is 0. The molecule has 7 rings (SSSR count). The van der Waals surface area contributed by atoms with Crippen molar-refractivity contribution in [2.75, 3.05) is 9.80 Å². The summed E-state index contributed by atoms with van der Waals surface area (Å²) in [5, 5.41) is 0. The van der Waals surface area contributed by atoms with Crippen molar-refractivity contribution in [3.8, 4) is 11.1 Å².